The van der Waals surface area contributed by atoms with Crippen molar-refractivity contribution in [2.24, 2.45) is 28.6 Å². The first-order chi connectivity index (χ1) is 23.5. The summed E-state index contributed by atoms with van der Waals surface area (Å²) >= 11 is 6.36. The molecule has 5 atom stereocenters. The van der Waals surface area contributed by atoms with Crippen LogP contribution in [-0.4, -0.2) is 39.2 Å². The van der Waals surface area contributed by atoms with E-state index >= 15 is 0 Å². The number of benzene rings is 3. The van der Waals surface area contributed by atoms with Gasteiger partial charge >= 0.3 is 0 Å². The van der Waals surface area contributed by atoms with Crippen LogP contribution >= 0.6 is 35.3 Å². The summed E-state index contributed by atoms with van der Waals surface area (Å²) in [4.78, 5) is 0. The first-order valence-electron chi connectivity index (χ1n) is 18.6. The molecule has 0 spiro atoms. The number of hydrogen-bond acceptors (Lipinski definition) is 5. The molecular weight excluding hydrogens is 657 g/mol. The van der Waals surface area contributed by atoms with Crippen molar-refractivity contribution in [2.75, 3.05) is 13.2 Å². The molecule has 2 nitrogen and oxygen atoms in total. The van der Waals surface area contributed by atoms with Gasteiger partial charge in [0.25, 0.3) is 0 Å². The van der Waals surface area contributed by atoms with Crippen molar-refractivity contribution in [1.29, 1.82) is 0 Å². The molecule has 3 aromatic rings. The van der Waals surface area contributed by atoms with Crippen molar-refractivity contribution < 1.29 is 10.2 Å². The second-order valence-electron chi connectivity index (χ2n) is 15.8. The quantitative estimate of drug-likeness (QED) is 0.0963. The molecule has 3 aromatic carbocycles. The Morgan fingerprint density at radius 3 is 1.37 bits per heavy atom. The van der Waals surface area contributed by atoms with Gasteiger partial charge in [0.15, 0.2) is 0 Å². The number of aliphatic hydroxyl groups excluding tert-OH is 2. The van der Waals surface area contributed by atoms with E-state index in [1.165, 1.54) is 36.0 Å². The molecule has 0 radical (unpaired) electrons. The van der Waals surface area contributed by atoms with E-state index in [-0.39, 0.29) is 24.0 Å². The largest absolute Gasteiger partial charge is 0.396 e. The maximum atomic E-state index is 10.3. The summed E-state index contributed by atoms with van der Waals surface area (Å²) < 4.78 is 0. The summed E-state index contributed by atoms with van der Waals surface area (Å²) in [5.41, 5.74) is 4.11. The van der Waals surface area contributed by atoms with Gasteiger partial charge < -0.3 is 10.2 Å². The van der Waals surface area contributed by atoms with E-state index in [0.717, 1.165) is 36.5 Å². The van der Waals surface area contributed by atoms with Gasteiger partial charge in [-0.25, -0.2) is 0 Å². The molecule has 0 bridgehead atoms. The van der Waals surface area contributed by atoms with E-state index in [9.17, 15) is 10.2 Å². The molecule has 0 aromatic heterocycles. The predicted molar refractivity (Wildman–Crippen MR) is 222 cm³/mol. The Balaban J connectivity index is 1.83. The second-order valence-corrected chi connectivity index (χ2v) is 19.4. The van der Waals surface area contributed by atoms with E-state index in [2.05, 4.69) is 175 Å². The highest BCUT2D eigenvalue weighted by Gasteiger charge is 2.43. The molecule has 0 aliphatic carbocycles. The standard InChI is InChI=1S/C44H66O2S3/c1-34(2)40(47-31-36-17-11-8-12-18-36)25-23-35(3)41(48-32-37-19-13-9-14-20-37)26-24-39(43(4,5)27-29-45)42(44(6,7)28-30-46)49-33-38-21-15-10-16-22-38/h8-22,34-35,39-42,45-46H,23-33H2,1-7H3. The first kappa shape index (κ1) is 42.0. The van der Waals surface area contributed by atoms with Gasteiger partial charge in [0, 0.05) is 46.2 Å². The number of rotatable bonds is 24. The van der Waals surface area contributed by atoms with Gasteiger partial charge in [-0.3, -0.25) is 0 Å². The SMILES string of the molecule is CC(C)C(CCC(C)C(CCC(C(SCc1ccccc1)C(C)(C)CCO)C(C)(C)CCO)SCc1ccccc1)SCc1ccccc1. The maximum absolute atomic E-state index is 10.3. The Labute approximate surface area is 313 Å². The third-order valence-electron chi connectivity index (χ3n) is 10.6. The molecular formula is C44H66O2S3. The summed E-state index contributed by atoms with van der Waals surface area (Å²) in [5, 5.41) is 22.0. The van der Waals surface area contributed by atoms with E-state index < -0.39 is 0 Å². The van der Waals surface area contributed by atoms with Crippen molar-refractivity contribution in [3.8, 4) is 0 Å². The normalized spacial score (nSPS) is 15.6. The summed E-state index contributed by atoms with van der Waals surface area (Å²) in [7, 11) is 0. The number of aliphatic hydroxyl groups is 2. The highest BCUT2D eigenvalue weighted by atomic mass is 32.2. The minimum atomic E-state index is -0.0374. The van der Waals surface area contributed by atoms with Crippen LogP contribution < -0.4 is 0 Å². The van der Waals surface area contributed by atoms with Gasteiger partial charge in [-0.1, -0.05) is 139 Å². The lowest BCUT2D eigenvalue weighted by atomic mass is 9.66. The first-order valence-corrected chi connectivity index (χ1v) is 21.8. The molecule has 2 N–H and O–H groups in total. The maximum Gasteiger partial charge on any atom is 0.0436 e. The monoisotopic (exact) mass is 722 g/mol. The van der Waals surface area contributed by atoms with Crippen molar-refractivity contribution in [1.82, 2.24) is 0 Å². The highest BCUT2D eigenvalue weighted by molar-refractivity contribution is 7.99. The molecule has 0 amide bonds. The van der Waals surface area contributed by atoms with Crippen LogP contribution in [0.25, 0.3) is 0 Å². The summed E-state index contributed by atoms with van der Waals surface area (Å²) in [6.07, 6.45) is 6.36. The average Bonchev–Trinajstić information content (AvgIpc) is 3.08. The van der Waals surface area contributed by atoms with Gasteiger partial charge in [-0.05, 0) is 83.8 Å². The van der Waals surface area contributed by atoms with Crippen molar-refractivity contribution >= 4 is 35.3 Å². The fraction of sp³-hybridized carbons (Fsp3) is 0.591. The van der Waals surface area contributed by atoms with Crippen molar-refractivity contribution in [3.05, 3.63) is 108 Å². The van der Waals surface area contributed by atoms with Gasteiger partial charge in [-0.2, -0.15) is 35.3 Å². The van der Waals surface area contributed by atoms with Gasteiger partial charge in [0.05, 0.1) is 0 Å². The molecule has 272 valence electrons. The van der Waals surface area contributed by atoms with Crippen LogP contribution in [0.5, 0.6) is 0 Å². The fourth-order valence-electron chi connectivity index (χ4n) is 7.16. The summed E-state index contributed by atoms with van der Waals surface area (Å²) in [6.45, 7) is 17.2. The van der Waals surface area contributed by atoms with E-state index in [1.54, 1.807) is 0 Å². The van der Waals surface area contributed by atoms with Crippen LogP contribution in [0.15, 0.2) is 91.0 Å². The number of hydrogen-bond donors (Lipinski definition) is 2. The van der Waals surface area contributed by atoms with Gasteiger partial charge in [-0.15, -0.1) is 0 Å². The lowest BCUT2D eigenvalue weighted by Gasteiger charge is -2.47. The molecule has 49 heavy (non-hydrogen) atoms. The van der Waals surface area contributed by atoms with E-state index in [0.29, 0.717) is 33.5 Å². The zero-order valence-electron chi connectivity index (χ0n) is 31.5. The predicted octanol–water partition coefficient (Wildman–Crippen LogP) is 12.2. The lowest BCUT2D eigenvalue weighted by Crippen LogP contribution is -2.42. The Kier molecular flexibility index (Phi) is 18.8. The van der Waals surface area contributed by atoms with Gasteiger partial charge in [0.1, 0.15) is 0 Å². The molecule has 5 unspecified atom stereocenters. The lowest BCUT2D eigenvalue weighted by molar-refractivity contribution is 0.0893. The topological polar surface area (TPSA) is 40.5 Å². The van der Waals surface area contributed by atoms with E-state index in [1.807, 2.05) is 0 Å². The summed E-state index contributed by atoms with van der Waals surface area (Å²) in [6, 6.07) is 32.7. The Hall–Kier alpha value is -1.37. The van der Waals surface area contributed by atoms with Crippen LogP contribution in [0.1, 0.15) is 104 Å². The Morgan fingerprint density at radius 1 is 0.510 bits per heavy atom. The van der Waals surface area contributed by atoms with Crippen LogP contribution in [-0.2, 0) is 17.3 Å². The molecule has 0 aliphatic rings. The minimum Gasteiger partial charge on any atom is -0.396 e. The molecule has 0 saturated heterocycles. The van der Waals surface area contributed by atoms with Crippen LogP contribution in [0, 0.1) is 28.6 Å². The minimum absolute atomic E-state index is 0.0233. The fourth-order valence-corrected chi connectivity index (χ4v) is 11.7. The summed E-state index contributed by atoms with van der Waals surface area (Å²) in [5.74, 6) is 4.75. The van der Waals surface area contributed by atoms with Crippen LogP contribution in [0.2, 0.25) is 0 Å². The number of thioether (sulfide) groups is 3. The smallest absolute Gasteiger partial charge is 0.0436 e. The molecule has 0 saturated carbocycles. The molecule has 5 heteroatoms. The zero-order valence-corrected chi connectivity index (χ0v) is 34.0. The highest BCUT2D eigenvalue weighted by Crippen LogP contribution is 2.50. The molecule has 0 aliphatic heterocycles. The van der Waals surface area contributed by atoms with Gasteiger partial charge in [0.2, 0.25) is 0 Å². The Bertz CT molecular complexity index is 1270. The van der Waals surface area contributed by atoms with Crippen LogP contribution in [0.4, 0.5) is 0 Å². The van der Waals surface area contributed by atoms with Crippen LogP contribution in [0.3, 0.4) is 0 Å². The average molecular weight is 723 g/mol. The molecule has 0 fully saturated rings. The zero-order chi connectivity index (χ0) is 35.7. The Morgan fingerprint density at radius 2 is 0.918 bits per heavy atom. The second kappa shape index (κ2) is 21.9. The van der Waals surface area contributed by atoms with Crippen molar-refractivity contribution in [3.63, 3.8) is 0 Å². The third-order valence-corrected chi connectivity index (χ3v) is 15.7. The molecule has 0 heterocycles. The third kappa shape index (κ3) is 14.6. The molecule has 3 rings (SSSR count). The van der Waals surface area contributed by atoms with E-state index in [4.69, 9.17) is 0 Å². The van der Waals surface area contributed by atoms with Crippen molar-refractivity contribution in [2.45, 2.75) is 120 Å².